The lowest BCUT2D eigenvalue weighted by atomic mass is 9.88. The number of aromatic nitrogens is 2. The molecule has 1 aliphatic rings. The second-order valence-corrected chi connectivity index (χ2v) is 7.72. The van der Waals surface area contributed by atoms with E-state index < -0.39 is 11.6 Å². The maximum Gasteiger partial charge on any atom is 0.325 e. The average molecular weight is 428 g/mol. The molecule has 3 aromatic carbocycles. The van der Waals surface area contributed by atoms with Crippen LogP contribution in [0.3, 0.4) is 0 Å². The molecule has 0 radical (unpaired) electrons. The summed E-state index contributed by atoms with van der Waals surface area (Å²) in [5.74, 6) is 0.796. The van der Waals surface area contributed by atoms with Gasteiger partial charge in [-0.1, -0.05) is 59.8 Å². The minimum absolute atomic E-state index is 0.123. The number of fused-ring (bicyclic) bond motifs is 1. The first kappa shape index (κ1) is 19.7. The van der Waals surface area contributed by atoms with E-state index in [0.717, 1.165) is 21.2 Å². The summed E-state index contributed by atoms with van der Waals surface area (Å²) in [5.41, 5.74) is 0.240. The minimum Gasteiger partial charge on any atom is -0.497 e. The highest BCUT2D eigenvalue weighted by molar-refractivity contribution is 6.09. The average Bonchev–Trinajstić information content (AvgIpc) is 3.38. The normalized spacial score (nSPS) is 18.2. The summed E-state index contributed by atoms with van der Waals surface area (Å²) in [4.78, 5) is 31.6. The highest BCUT2D eigenvalue weighted by Gasteiger charge is 2.50. The summed E-state index contributed by atoms with van der Waals surface area (Å²) in [7, 11) is 1.57. The van der Waals surface area contributed by atoms with Crippen molar-refractivity contribution >= 4 is 22.7 Å². The van der Waals surface area contributed by atoms with Crippen LogP contribution in [0.2, 0.25) is 0 Å². The zero-order chi connectivity index (χ0) is 22.3. The number of carbonyl (C=O) groups is 2. The quantitative estimate of drug-likeness (QED) is 0.485. The highest BCUT2D eigenvalue weighted by Crippen LogP contribution is 2.34. The van der Waals surface area contributed by atoms with Gasteiger partial charge in [0.2, 0.25) is 11.7 Å². The number of hydrogen-bond donors (Lipinski definition) is 1. The Labute approximate surface area is 183 Å². The second-order valence-electron chi connectivity index (χ2n) is 7.72. The van der Waals surface area contributed by atoms with Crippen LogP contribution in [0.4, 0.5) is 4.79 Å². The van der Waals surface area contributed by atoms with Crippen molar-refractivity contribution in [2.45, 2.75) is 19.0 Å². The van der Waals surface area contributed by atoms with Gasteiger partial charge in [-0.15, -0.1) is 0 Å². The first-order chi connectivity index (χ1) is 15.5. The van der Waals surface area contributed by atoms with Crippen LogP contribution in [0, 0.1) is 0 Å². The first-order valence-corrected chi connectivity index (χ1v) is 10.1. The van der Waals surface area contributed by atoms with Crippen molar-refractivity contribution in [2.24, 2.45) is 0 Å². The van der Waals surface area contributed by atoms with Crippen LogP contribution in [-0.4, -0.2) is 34.1 Å². The van der Waals surface area contributed by atoms with Crippen molar-refractivity contribution in [3.63, 3.8) is 0 Å². The van der Waals surface area contributed by atoms with Crippen molar-refractivity contribution in [2.75, 3.05) is 7.11 Å². The summed E-state index contributed by atoms with van der Waals surface area (Å²) in [6.07, 6.45) is 0. The number of benzene rings is 3. The number of methoxy groups -OCH3 is 1. The van der Waals surface area contributed by atoms with Gasteiger partial charge < -0.3 is 14.6 Å². The number of imide groups is 1. The fraction of sp³-hybridized carbons (Fsp3) is 0.167. The highest BCUT2D eigenvalue weighted by atomic mass is 16.5. The second kappa shape index (κ2) is 7.49. The van der Waals surface area contributed by atoms with E-state index in [1.807, 2.05) is 60.7 Å². The fourth-order valence-corrected chi connectivity index (χ4v) is 4.02. The van der Waals surface area contributed by atoms with E-state index >= 15 is 0 Å². The molecule has 8 heteroatoms. The number of hydrogen-bond acceptors (Lipinski definition) is 6. The number of nitrogens with zero attached hydrogens (tertiary/aromatic N) is 3. The molecule has 0 aliphatic carbocycles. The lowest BCUT2D eigenvalue weighted by Crippen LogP contribution is -2.41. The van der Waals surface area contributed by atoms with E-state index in [9.17, 15) is 9.59 Å². The molecule has 2 heterocycles. The fourth-order valence-electron chi connectivity index (χ4n) is 4.02. The first-order valence-electron chi connectivity index (χ1n) is 10.1. The van der Waals surface area contributed by atoms with Gasteiger partial charge in [-0.2, -0.15) is 4.98 Å². The van der Waals surface area contributed by atoms with E-state index in [-0.39, 0.29) is 18.3 Å². The van der Waals surface area contributed by atoms with Gasteiger partial charge in [-0.05, 0) is 35.4 Å². The SMILES string of the molecule is COc1cccc(-c2noc(CN3C(=O)N[C@](C)(c4cccc5ccccc45)C3=O)n2)c1. The predicted molar refractivity (Wildman–Crippen MR) is 117 cm³/mol. The van der Waals surface area contributed by atoms with Crippen LogP contribution in [0.15, 0.2) is 71.3 Å². The zero-order valence-corrected chi connectivity index (χ0v) is 17.5. The summed E-state index contributed by atoms with van der Waals surface area (Å²) in [6.45, 7) is 1.59. The van der Waals surface area contributed by atoms with E-state index in [2.05, 4.69) is 15.5 Å². The van der Waals surface area contributed by atoms with E-state index in [1.165, 1.54) is 0 Å². The van der Waals surface area contributed by atoms with Gasteiger partial charge in [0.25, 0.3) is 5.91 Å². The number of urea groups is 1. The van der Waals surface area contributed by atoms with Gasteiger partial charge in [0, 0.05) is 5.56 Å². The Morgan fingerprint density at radius 3 is 2.69 bits per heavy atom. The van der Waals surface area contributed by atoms with Crippen molar-refractivity contribution in [1.82, 2.24) is 20.4 Å². The molecule has 0 saturated carbocycles. The number of nitrogens with one attached hydrogen (secondary N) is 1. The Hall–Kier alpha value is -4.20. The van der Waals surface area contributed by atoms with Gasteiger partial charge >= 0.3 is 6.03 Å². The van der Waals surface area contributed by atoms with E-state index in [4.69, 9.17) is 9.26 Å². The van der Waals surface area contributed by atoms with Gasteiger partial charge in [-0.3, -0.25) is 9.69 Å². The number of ether oxygens (including phenoxy) is 1. The third-order valence-electron chi connectivity index (χ3n) is 5.69. The molecule has 1 aromatic heterocycles. The Balaban J connectivity index is 1.43. The number of amides is 3. The van der Waals surface area contributed by atoms with Gasteiger partial charge in [0.05, 0.1) is 7.11 Å². The molecule has 3 amide bonds. The molecule has 0 bridgehead atoms. The molecule has 4 aromatic rings. The van der Waals surface area contributed by atoms with Gasteiger partial charge in [0.15, 0.2) is 0 Å². The summed E-state index contributed by atoms with van der Waals surface area (Å²) in [6, 6.07) is 20.2. The molecule has 1 saturated heterocycles. The summed E-state index contributed by atoms with van der Waals surface area (Å²) >= 11 is 0. The van der Waals surface area contributed by atoms with Crippen LogP contribution in [0.25, 0.3) is 22.2 Å². The smallest absolute Gasteiger partial charge is 0.325 e. The van der Waals surface area contributed by atoms with Crippen molar-refractivity contribution in [1.29, 1.82) is 0 Å². The topological polar surface area (TPSA) is 97.6 Å². The van der Waals surface area contributed by atoms with Crippen molar-refractivity contribution < 1.29 is 18.8 Å². The summed E-state index contributed by atoms with van der Waals surface area (Å²) in [5, 5.41) is 8.72. The zero-order valence-electron chi connectivity index (χ0n) is 17.5. The molecule has 1 aliphatic heterocycles. The Morgan fingerprint density at radius 1 is 1.06 bits per heavy atom. The Bertz CT molecular complexity index is 1340. The Kier molecular flexibility index (Phi) is 4.62. The maximum atomic E-state index is 13.4. The van der Waals surface area contributed by atoms with E-state index in [0.29, 0.717) is 17.1 Å². The largest absolute Gasteiger partial charge is 0.497 e. The summed E-state index contributed by atoms with van der Waals surface area (Å²) < 4.78 is 10.5. The molecule has 1 atom stereocenters. The van der Waals surface area contributed by atoms with Gasteiger partial charge in [-0.25, -0.2) is 4.79 Å². The predicted octanol–water partition coefficient (Wildman–Crippen LogP) is 3.87. The van der Waals surface area contributed by atoms with Crippen LogP contribution in [0.5, 0.6) is 5.75 Å². The molecule has 0 spiro atoms. The van der Waals surface area contributed by atoms with Crippen LogP contribution in [0.1, 0.15) is 18.4 Å². The van der Waals surface area contributed by atoms with E-state index in [1.54, 1.807) is 20.1 Å². The van der Waals surface area contributed by atoms with Crippen molar-refractivity contribution in [3.05, 3.63) is 78.2 Å². The lowest BCUT2D eigenvalue weighted by molar-refractivity contribution is -0.131. The molecule has 0 unspecified atom stereocenters. The molecule has 160 valence electrons. The standard InChI is InChI=1S/C24H20N4O4/c1-24(19-12-6-8-15-7-3-4-11-18(15)19)22(29)28(23(30)26-24)14-20-25-21(27-32-20)16-9-5-10-17(13-16)31-2/h3-13H,14H2,1-2H3,(H,26,30)/t24-/m1/s1. The van der Waals surface area contributed by atoms with Crippen LogP contribution in [-0.2, 0) is 16.9 Å². The number of rotatable bonds is 5. The molecule has 1 fully saturated rings. The monoisotopic (exact) mass is 428 g/mol. The number of carbonyl (C=O) groups excluding carboxylic acids is 2. The molecule has 32 heavy (non-hydrogen) atoms. The van der Waals surface area contributed by atoms with Gasteiger partial charge in [0.1, 0.15) is 17.8 Å². The maximum absolute atomic E-state index is 13.4. The molecule has 8 nitrogen and oxygen atoms in total. The Morgan fingerprint density at radius 2 is 1.84 bits per heavy atom. The third kappa shape index (κ3) is 3.17. The molecular formula is C24H20N4O4. The van der Waals surface area contributed by atoms with Crippen LogP contribution < -0.4 is 10.1 Å². The van der Waals surface area contributed by atoms with Crippen LogP contribution >= 0.6 is 0 Å². The molecular weight excluding hydrogens is 408 g/mol. The molecule has 1 N–H and O–H groups in total. The molecule has 5 rings (SSSR count). The minimum atomic E-state index is -1.20. The van der Waals surface area contributed by atoms with Crippen molar-refractivity contribution in [3.8, 4) is 17.1 Å². The lowest BCUT2D eigenvalue weighted by Gasteiger charge is -2.23. The third-order valence-corrected chi connectivity index (χ3v) is 5.69.